The Kier molecular flexibility index (Phi) is 2.95. The highest BCUT2D eigenvalue weighted by Crippen LogP contribution is 2.23. The average Bonchev–Trinajstić information content (AvgIpc) is 2.85. The predicted molar refractivity (Wildman–Crippen MR) is 75.8 cm³/mol. The van der Waals surface area contributed by atoms with Crippen molar-refractivity contribution in [2.24, 2.45) is 0 Å². The minimum atomic E-state index is -0.439. The molecule has 19 heavy (non-hydrogen) atoms. The summed E-state index contributed by atoms with van der Waals surface area (Å²) in [6.07, 6.45) is 1.66. The van der Waals surface area contributed by atoms with Crippen LogP contribution in [0.4, 0.5) is 4.39 Å². The molecule has 1 N–H and O–H groups in total. The number of benzene rings is 2. The molecule has 1 heterocycles. The van der Waals surface area contributed by atoms with Crippen LogP contribution in [0.25, 0.3) is 10.9 Å². The van der Waals surface area contributed by atoms with Crippen molar-refractivity contribution in [3.05, 3.63) is 70.1 Å². The molecule has 0 radical (unpaired) electrons. The van der Waals surface area contributed by atoms with Crippen LogP contribution in [0, 0.1) is 5.82 Å². The molecule has 0 aliphatic carbocycles. The van der Waals surface area contributed by atoms with Crippen LogP contribution in [0.15, 0.2) is 53.1 Å². The maximum atomic E-state index is 13.5. The summed E-state index contributed by atoms with van der Waals surface area (Å²) in [6.45, 7) is 0. The van der Waals surface area contributed by atoms with Crippen LogP contribution in [0.2, 0.25) is 0 Å². The predicted octanol–water partition coefficient (Wildman–Crippen LogP) is 4.30. The van der Waals surface area contributed by atoms with Crippen LogP contribution in [0.1, 0.15) is 15.9 Å². The summed E-state index contributed by atoms with van der Waals surface area (Å²) in [6, 6.07) is 11.9. The summed E-state index contributed by atoms with van der Waals surface area (Å²) < 4.78 is 13.8. The van der Waals surface area contributed by atoms with E-state index in [1.165, 1.54) is 12.1 Å². The first-order valence-electron chi connectivity index (χ1n) is 5.72. The molecule has 3 aromatic rings. The number of aromatic nitrogens is 1. The van der Waals surface area contributed by atoms with Gasteiger partial charge in [-0.2, -0.15) is 0 Å². The average molecular weight is 318 g/mol. The molecule has 0 aliphatic heterocycles. The third-order valence-electron chi connectivity index (χ3n) is 3.02. The highest BCUT2D eigenvalue weighted by molar-refractivity contribution is 9.10. The van der Waals surface area contributed by atoms with Gasteiger partial charge in [-0.05, 0) is 40.2 Å². The van der Waals surface area contributed by atoms with Gasteiger partial charge < -0.3 is 4.98 Å². The lowest BCUT2D eigenvalue weighted by Crippen LogP contribution is -2.01. The van der Waals surface area contributed by atoms with Gasteiger partial charge in [-0.1, -0.05) is 18.2 Å². The number of nitrogens with one attached hydrogen (secondary N) is 1. The normalized spacial score (nSPS) is 10.8. The van der Waals surface area contributed by atoms with Crippen molar-refractivity contribution in [2.75, 3.05) is 0 Å². The van der Waals surface area contributed by atoms with Crippen LogP contribution < -0.4 is 0 Å². The maximum absolute atomic E-state index is 13.5. The quantitative estimate of drug-likeness (QED) is 0.702. The Bertz CT molecular complexity index is 779. The van der Waals surface area contributed by atoms with E-state index in [-0.39, 0.29) is 5.78 Å². The van der Waals surface area contributed by atoms with E-state index in [1.807, 2.05) is 24.3 Å². The number of fused-ring (bicyclic) bond motifs is 1. The molecule has 0 saturated heterocycles. The molecule has 0 bridgehead atoms. The minimum absolute atomic E-state index is 0.191. The van der Waals surface area contributed by atoms with Crippen molar-refractivity contribution in [2.45, 2.75) is 0 Å². The molecule has 0 atom stereocenters. The standard InChI is InChI=1S/C15H9BrFNO/c16-12-6-5-9(7-13(12)17)15(19)11-8-18-14-4-2-1-3-10(11)14/h1-8,18H. The van der Waals surface area contributed by atoms with E-state index in [0.29, 0.717) is 15.6 Å². The lowest BCUT2D eigenvalue weighted by molar-refractivity contribution is 0.104. The fraction of sp³-hybridized carbons (Fsp3) is 0. The number of aromatic amines is 1. The van der Waals surface area contributed by atoms with E-state index in [2.05, 4.69) is 20.9 Å². The van der Waals surface area contributed by atoms with E-state index in [1.54, 1.807) is 12.3 Å². The number of halogens is 2. The first-order chi connectivity index (χ1) is 9.16. The van der Waals surface area contributed by atoms with E-state index >= 15 is 0 Å². The molecule has 4 heteroatoms. The Hall–Kier alpha value is -1.94. The van der Waals surface area contributed by atoms with Gasteiger partial charge in [-0.3, -0.25) is 4.79 Å². The smallest absolute Gasteiger partial charge is 0.195 e. The number of rotatable bonds is 2. The second-order valence-electron chi connectivity index (χ2n) is 4.21. The molecule has 0 unspecified atom stereocenters. The molecule has 1 aromatic heterocycles. The van der Waals surface area contributed by atoms with Crippen LogP contribution >= 0.6 is 15.9 Å². The topological polar surface area (TPSA) is 32.9 Å². The monoisotopic (exact) mass is 317 g/mol. The van der Waals surface area contributed by atoms with Crippen LogP contribution in [-0.4, -0.2) is 10.8 Å². The number of carbonyl (C=O) groups is 1. The first kappa shape index (κ1) is 12.1. The van der Waals surface area contributed by atoms with Gasteiger partial charge in [0, 0.05) is 28.2 Å². The van der Waals surface area contributed by atoms with Crippen LogP contribution in [0.5, 0.6) is 0 Å². The van der Waals surface area contributed by atoms with Crippen molar-refractivity contribution >= 4 is 32.6 Å². The van der Waals surface area contributed by atoms with Crippen molar-refractivity contribution in [3.63, 3.8) is 0 Å². The molecule has 94 valence electrons. The minimum Gasteiger partial charge on any atom is -0.360 e. The van der Waals surface area contributed by atoms with E-state index in [0.717, 1.165) is 10.9 Å². The number of hydrogen-bond donors (Lipinski definition) is 1. The number of hydrogen-bond acceptors (Lipinski definition) is 1. The Morgan fingerprint density at radius 1 is 1.16 bits per heavy atom. The van der Waals surface area contributed by atoms with Gasteiger partial charge in [0.15, 0.2) is 5.78 Å². The summed E-state index contributed by atoms with van der Waals surface area (Å²) in [4.78, 5) is 15.4. The number of ketones is 1. The molecule has 0 amide bonds. The summed E-state index contributed by atoms with van der Waals surface area (Å²) in [7, 11) is 0. The molecule has 0 fully saturated rings. The first-order valence-corrected chi connectivity index (χ1v) is 6.52. The summed E-state index contributed by atoms with van der Waals surface area (Å²) in [5.41, 5.74) is 1.78. The van der Waals surface area contributed by atoms with Gasteiger partial charge in [0.25, 0.3) is 0 Å². The molecule has 2 nitrogen and oxygen atoms in total. The Labute approximate surface area is 117 Å². The molecule has 0 spiro atoms. The van der Waals surface area contributed by atoms with Crippen molar-refractivity contribution in [3.8, 4) is 0 Å². The van der Waals surface area contributed by atoms with Gasteiger partial charge >= 0.3 is 0 Å². The van der Waals surface area contributed by atoms with Crippen molar-refractivity contribution in [1.82, 2.24) is 4.98 Å². The Balaban J connectivity index is 2.11. The zero-order valence-corrected chi connectivity index (χ0v) is 11.4. The number of para-hydroxylation sites is 1. The number of carbonyl (C=O) groups excluding carboxylic acids is 1. The lowest BCUT2D eigenvalue weighted by atomic mass is 10.0. The van der Waals surface area contributed by atoms with E-state index < -0.39 is 5.82 Å². The molecule has 0 aliphatic rings. The second-order valence-corrected chi connectivity index (χ2v) is 5.06. The SMILES string of the molecule is O=C(c1ccc(Br)c(F)c1)c1c[nH]c2ccccc12. The zero-order valence-electron chi connectivity index (χ0n) is 9.78. The molecular weight excluding hydrogens is 309 g/mol. The highest BCUT2D eigenvalue weighted by Gasteiger charge is 2.15. The summed E-state index contributed by atoms with van der Waals surface area (Å²) in [5.74, 6) is -0.630. The Morgan fingerprint density at radius 2 is 1.95 bits per heavy atom. The fourth-order valence-electron chi connectivity index (χ4n) is 2.05. The van der Waals surface area contributed by atoms with Crippen molar-refractivity contribution < 1.29 is 9.18 Å². The third kappa shape index (κ3) is 2.08. The van der Waals surface area contributed by atoms with Crippen LogP contribution in [0.3, 0.4) is 0 Å². The lowest BCUT2D eigenvalue weighted by Gasteiger charge is -2.01. The van der Waals surface area contributed by atoms with Crippen LogP contribution in [-0.2, 0) is 0 Å². The largest absolute Gasteiger partial charge is 0.360 e. The Morgan fingerprint density at radius 3 is 2.74 bits per heavy atom. The van der Waals surface area contributed by atoms with Gasteiger partial charge in [0.2, 0.25) is 0 Å². The van der Waals surface area contributed by atoms with E-state index in [9.17, 15) is 9.18 Å². The van der Waals surface area contributed by atoms with E-state index in [4.69, 9.17) is 0 Å². The van der Waals surface area contributed by atoms with Gasteiger partial charge in [0.05, 0.1) is 4.47 Å². The highest BCUT2D eigenvalue weighted by atomic mass is 79.9. The molecule has 3 rings (SSSR count). The molecule has 0 saturated carbocycles. The molecular formula is C15H9BrFNO. The summed E-state index contributed by atoms with van der Waals surface area (Å²) in [5, 5.41) is 0.843. The number of H-pyrrole nitrogens is 1. The zero-order chi connectivity index (χ0) is 13.4. The second kappa shape index (κ2) is 4.63. The van der Waals surface area contributed by atoms with Gasteiger partial charge in [-0.25, -0.2) is 4.39 Å². The molecule has 2 aromatic carbocycles. The van der Waals surface area contributed by atoms with Gasteiger partial charge in [0.1, 0.15) is 5.82 Å². The summed E-state index contributed by atoms with van der Waals surface area (Å²) >= 11 is 3.07. The maximum Gasteiger partial charge on any atom is 0.195 e. The van der Waals surface area contributed by atoms with Gasteiger partial charge in [-0.15, -0.1) is 0 Å². The fourth-order valence-corrected chi connectivity index (χ4v) is 2.30. The third-order valence-corrected chi connectivity index (χ3v) is 3.66. The van der Waals surface area contributed by atoms with Crippen molar-refractivity contribution in [1.29, 1.82) is 0 Å².